The van der Waals surface area contributed by atoms with E-state index < -0.39 is 15.9 Å². The van der Waals surface area contributed by atoms with E-state index in [1.807, 2.05) is 0 Å². The number of benzene rings is 1. The van der Waals surface area contributed by atoms with Crippen molar-refractivity contribution in [3.63, 3.8) is 0 Å². The third-order valence-corrected chi connectivity index (χ3v) is 8.31. The molecule has 2 N–H and O–H groups in total. The molecule has 0 saturated carbocycles. The van der Waals surface area contributed by atoms with Crippen LogP contribution in [0.25, 0.3) is 0 Å². The van der Waals surface area contributed by atoms with Crippen LogP contribution in [-0.2, 0) is 23.5 Å². The fraction of sp³-hybridized carbons (Fsp3) is 0.522. The summed E-state index contributed by atoms with van der Waals surface area (Å²) in [4.78, 5) is 11.6. The molecule has 1 atom stereocenters. The third kappa shape index (κ3) is 4.95. The minimum atomic E-state index is -3.60. The largest absolute Gasteiger partial charge is 0.364 e. The second-order valence-electron chi connectivity index (χ2n) is 8.47. The molecular formula is C23H33N3O3S. The smallest absolute Gasteiger partial charge is 0.265 e. The zero-order valence-corrected chi connectivity index (χ0v) is 19.0. The Bertz CT molecular complexity index is 972. The van der Waals surface area contributed by atoms with Crippen molar-refractivity contribution in [3.8, 4) is 0 Å². The van der Waals surface area contributed by atoms with E-state index in [-0.39, 0.29) is 10.6 Å². The number of nitrogens with two attached hydrogens (primary N) is 1. The van der Waals surface area contributed by atoms with Crippen LogP contribution in [0.5, 0.6) is 0 Å². The summed E-state index contributed by atoms with van der Waals surface area (Å²) in [7, 11) is -1.97. The molecule has 164 valence electrons. The summed E-state index contributed by atoms with van der Waals surface area (Å²) in [6.45, 7) is 5.49. The topological polar surface area (TPSA) is 85.4 Å². The zero-order chi connectivity index (χ0) is 21.9. The number of primary amides is 1. The Kier molecular flexibility index (Phi) is 7.03. The van der Waals surface area contributed by atoms with Crippen molar-refractivity contribution >= 4 is 15.9 Å². The van der Waals surface area contributed by atoms with Gasteiger partial charge in [-0.15, -0.1) is 0 Å². The summed E-state index contributed by atoms with van der Waals surface area (Å²) in [6, 6.07) is 10.3. The number of carbonyl (C=O) groups excluding carboxylic acids is 1. The van der Waals surface area contributed by atoms with Crippen molar-refractivity contribution in [1.29, 1.82) is 0 Å². The van der Waals surface area contributed by atoms with E-state index in [0.29, 0.717) is 24.9 Å². The summed E-state index contributed by atoms with van der Waals surface area (Å²) >= 11 is 0. The molecule has 2 aromatic rings. The van der Waals surface area contributed by atoms with Gasteiger partial charge in [0.15, 0.2) is 0 Å². The average molecular weight is 432 g/mol. The van der Waals surface area contributed by atoms with Crippen molar-refractivity contribution < 1.29 is 13.2 Å². The van der Waals surface area contributed by atoms with Gasteiger partial charge in [0, 0.05) is 26.3 Å². The molecule has 1 aliphatic heterocycles. The molecule has 6 nitrogen and oxygen atoms in total. The van der Waals surface area contributed by atoms with Crippen LogP contribution in [0, 0.1) is 5.92 Å². The summed E-state index contributed by atoms with van der Waals surface area (Å²) in [5.41, 5.74) is 8.24. The fourth-order valence-corrected chi connectivity index (χ4v) is 5.67. The van der Waals surface area contributed by atoms with Gasteiger partial charge in [0.25, 0.3) is 5.91 Å². The third-order valence-electron chi connectivity index (χ3n) is 6.45. The monoisotopic (exact) mass is 431 g/mol. The lowest BCUT2D eigenvalue weighted by Crippen LogP contribution is -2.38. The van der Waals surface area contributed by atoms with Gasteiger partial charge in [-0.05, 0) is 61.1 Å². The van der Waals surface area contributed by atoms with Gasteiger partial charge in [-0.3, -0.25) is 4.79 Å². The highest BCUT2D eigenvalue weighted by Gasteiger charge is 2.30. The molecule has 1 aliphatic rings. The second kappa shape index (κ2) is 9.35. The van der Waals surface area contributed by atoms with E-state index >= 15 is 0 Å². The summed E-state index contributed by atoms with van der Waals surface area (Å²) in [5, 5.41) is 0. The zero-order valence-electron chi connectivity index (χ0n) is 18.2. The molecule has 1 unspecified atom stereocenters. The van der Waals surface area contributed by atoms with Gasteiger partial charge in [-0.1, -0.05) is 38.1 Å². The number of piperidine rings is 1. The fourth-order valence-electron chi connectivity index (χ4n) is 4.13. The molecule has 2 heterocycles. The maximum Gasteiger partial charge on any atom is 0.265 e. The predicted octanol–water partition coefficient (Wildman–Crippen LogP) is 3.67. The Labute approximate surface area is 180 Å². The van der Waals surface area contributed by atoms with E-state index in [4.69, 9.17) is 5.73 Å². The van der Waals surface area contributed by atoms with E-state index in [2.05, 4.69) is 38.1 Å². The molecular weight excluding hydrogens is 398 g/mol. The maximum atomic E-state index is 12.9. The highest BCUT2D eigenvalue weighted by Crippen LogP contribution is 2.28. The lowest BCUT2D eigenvalue weighted by molar-refractivity contribution is 0.0992. The van der Waals surface area contributed by atoms with E-state index in [1.165, 1.54) is 32.3 Å². The number of aromatic nitrogens is 1. The molecule has 0 radical (unpaired) electrons. The van der Waals surface area contributed by atoms with Crippen molar-refractivity contribution in [2.75, 3.05) is 13.1 Å². The van der Waals surface area contributed by atoms with Crippen LogP contribution >= 0.6 is 0 Å². The standard InChI is InChI=1S/C23H33N3O3S/c1-4-17(2)20-9-7-18(8-10-20)5-6-19-11-13-26(14-12-19)30(28,29)21-15-22(23(24)27)25(3)16-21/h7-10,15-17,19H,4-6,11-14H2,1-3H3,(H2,24,27). The second-order valence-corrected chi connectivity index (χ2v) is 10.4. The van der Waals surface area contributed by atoms with Crippen LogP contribution < -0.4 is 5.73 Å². The van der Waals surface area contributed by atoms with Crippen LogP contribution in [0.1, 0.15) is 67.1 Å². The van der Waals surface area contributed by atoms with Crippen LogP contribution in [0.3, 0.4) is 0 Å². The van der Waals surface area contributed by atoms with Crippen molar-refractivity contribution in [2.24, 2.45) is 18.7 Å². The predicted molar refractivity (Wildman–Crippen MR) is 119 cm³/mol. The van der Waals surface area contributed by atoms with Gasteiger partial charge in [0.05, 0.1) is 0 Å². The average Bonchev–Trinajstić information content (AvgIpc) is 3.15. The molecule has 1 aromatic heterocycles. The Balaban J connectivity index is 1.54. The Hall–Kier alpha value is -2.12. The van der Waals surface area contributed by atoms with Gasteiger partial charge in [0.2, 0.25) is 10.0 Å². The number of hydrogen-bond acceptors (Lipinski definition) is 3. The molecule has 1 amide bonds. The molecule has 30 heavy (non-hydrogen) atoms. The minimum absolute atomic E-state index is 0.138. The number of aryl methyl sites for hydroxylation is 2. The Morgan fingerprint density at radius 1 is 1.20 bits per heavy atom. The molecule has 1 saturated heterocycles. The summed E-state index contributed by atoms with van der Waals surface area (Å²) in [5.74, 6) is 0.492. The van der Waals surface area contributed by atoms with Gasteiger partial charge >= 0.3 is 0 Å². The highest BCUT2D eigenvalue weighted by molar-refractivity contribution is 7.89. The normalized spacial score (nSPS) is 17.2. The van der Waals surface area contributed by atoms with E-state index in [9.17, 15) is 13.2 Å². The summed E-state index contributed by atoms with van der Waals surface area (Å²) < 4.78 is 28.9. The first-order valence-electron chi connectivity index (χ1n) is 10.8. The van der Waals surface area contributed by atoms with Crippen LogP contribution in [0.2, 0.25) is 0 Å². The Morgan fingerprint density at radius 3 is 2.37 bits per heavy atom. The highest BCUT2D eigenvalue weighted by atomic mass is 32.2. The first-order chi connectivity index (χ1) is 14.2. The first kappa shape index (κ1) is 22.6. The number of nitrogens with zero attached hydrogens (tertiary/aromatic N) is 2. The van der Waals surface area contributed by atoms with Crippen LogP contribution in [0.15, 0.2) is 41.4 Å². The lowest BCUT2D eigenvalue weighted by atomic mass is 9.90. The van der Waals surface area contributed by atoms with Crippen molar-refractivity contribution in [1.82, 2.24) is 8.87 Å². The molecule has 0 bridgehead atoms. The summed E-state index contributed by atoms with van der Waals surface area (Å²) in [6.07, 6.45) is 6.43. The first-order valence-corrected chi connectivity index (χ1v) is 12.2. The van der Waals surface area contributed by atoms with Crippen LogP contribution in [-0.4, -0.2) is 36.3 Å². The molecule has 0 spiro atoms. The van der Waals surface area contributed by atoms with Gasteiger partial charge < -0.3 is 10.3 Å². The SMILES string of the molecule is CCC(C)c1ccc(CCC2CCN(S(=O)(=O)c3cc(C(N)=O)n(C)c3)CC2)cc1. The van der Waals surface area contributed by atoms with Gasteiger partial charge in [0.1, 0.15) is 10.6 Å². The molecule has 1 aromatic carbocycles. The molecule has 7 heteroatoms. The van der Waals surface area contributed by atoms with Crippen molar-refractivity contribution in [2.45, 2.75) is 56.8 Å². The maximum absolute atomic E-state index is 12.9. The van der Waals surface area contributed by atoms with Crippen molar-refractivity contribution in [3.05, 3.63) is 53.3 Å². The number of carbonyl (C=O) groups is 1. The molecule has 1 fully saturated rings. The number of hydrogen-bond donors (Lipinski definition) is 1. The van der Waals surface area contributed by atoms with E-state index in [0.717, 1.165) is 32.1 Å². The quantitative estimate of drug-likeness (QED) is 0.692. The van der Waals surface area contributed by atoms with E-state index in [1.54, 1.807) is 7.05 Å². The Morgan fingerprint density at radius 2 is 1.83 bits per heavy atom. The lowest BCUT2D eigenvalue weighted by Gasteiger charge is -2.31. The number of amides is 1. The molecule has 0 aliphatic carbocycles. The van der Waals surface area contributed by atoms with Gasteiger partial charge in [-0.2, -0.15) is 4.31 Å². The molecule has 3 rings (SSSR count). The van der Waals surface area contributed by atoms with Crippen LogP contribution in [0.4, 0.5) is 0 Å². The minimum Gasteiger partial charge on any atom is -0.364 e. The van der Waals surface area contributed by atoms with Gasteiger partial charge in [-0.25, -0.2) is 8.42 Å². The number of sulfonamides is 1. The number of rotatable bonds is 8.